The lowest BCUT2D eigenvalue weighted by atomic mass is 9.83. The highest BCUT2D eigenvalue weighted by molar-refractivity contribution is 6.30. The van der Waals surface area contributed by atoms with E-state index in [9.17, 15) is 0 Å². The van der Waals surface area contributed by atoms with Crippen molar-refractivity contribution in [2.45, 2.75) is 45.1 Å². The summed E-state index contributed by atoms with van der Waals surface area (Å²) in [7, 11) is 0. The Morgan fingerprint density at radius 2 is 1.88 bits per heavy atom. The smallest absolute Gasteiger partial charge is 0.0407 e. The highest BCUT2D eigenvalue weighted by Crippen LogP contribution is 2.29. The molecule has 1 aliphatic rings. The molecule has 2 atom stereocenters. The predicted molar refractivity (Wildman–Crippen MR) is 71.1 cm³/mol. The zero-order valence-corrected chi connectivity index (χ0v) is 10.6. The van der Waals surface area contributed by atoms with E-state index >= 15 is 0 Å². The van der Waals surface area contributed by atoms with E-state index in [1.807, 2.05) is 12.1 Å². The number of benzene rings is 1. The van der Waals surface area contributed by atoms with Crippen molar-refractivity contribution in [3.8, 4) is 0 Å². The molecule has 1 fully saturated rings. The van der Waals surface area contributed by atoms with E-state index in [-0.39, 0.29) is 0 Å². The Morgan fingerprint density at radius 3 is 2.56 bits per heavy atom. The van der Waals surface area contributed by atoms with Crippen LogP contribution in [0.3, 0.4) is 0 Å². The van der Waals surface area contributed by atoms with Crippen LogP contribution in [-0.4, -0.2) is 6.04 Å². The number of rotatable bonds is 3. The lowest BCUT2D eigenvalue weighted by molar-refractivity contribution is 0.317. The summed E-state index contributed by atoms with van der Waals surface area (Å²) in [5.41, 5.74) is 1.20. The molecule has 1 aromatic rings. The van der Waals surface area contributed by atoms with Crippen LogP contribution in [0.15, 0.2) is 24.3 Å². The number of anilines is 1. The Bertz CT molecular complexity index is 320. The zero-order valence-electron chi connectivity index (χ0n) is 9.88. The summed E-state index contributed by atoms with van der Waals surface area (Å²) in [6.45, 7) is 2.30. The summed E-state index contributed by atoms with van der Waals surface area (Å²) >= 11 is 5.88. The summed E-state index contributed by atoms with van der Waals surface area (Å²) in [4.78, 5) is 0. The minimum absolute atomic E-state index is 0.653. The fourth-order valence-corrected chi connectivity index (χ4v) is 2.77. The zero-order chi connectivity index (χ0) is 11.4. The van der Waals surface area contributed by atoms with Crippen LogP contribution in [0.1, 0.15) is 39.0 Å². The second kappa shape index (κ2) is 5.58. The first-order valence-electron chi connectivity index (χ1n) is 6.31. The summed E-state index contributed by atoms with van der Waals surface area (Å²) < 4.78 is 0. The lowest BCUT2D eigenvalue weighted by Crippen LogP contribution is -2.31. The van der Waals surface area contributed by atoms with E-state index in [1.54, 1.807) is 0 Å². The van der Waals surface area contributed by atoms with Crippen LogP contribution >= 0.6 is 11.6 Å². The van der Waals surface area contributed by atoms with Gasteiger partial charge in [-0.15, -0.1) is 0 Å². The van der Waals surface area contributed by atoms with E-state index in [0.29, 0.717) is 6.04 Å². The van der Waals surface area contributed by atoms with Crippen LogP contribution in [0, 0.1) is 5.92 Å². The average molecular weight is 238 g/mol. The molecule has 0 spiro atoms. The van der Waals surface area contributed by atoms with Crippen molar-refractivity contribution in [3.63, 3.8) is 0 Å². The van der Waals surface area contributed by atoms with Gasteiger partial charge in [0.15, 0.2) is 0 Å². The van der Waals surface area contributed by atoms with Gasteiger partial charge in [0.05, 0.1) is 0 Å². The standard InChI is InChI=1S/C14H20ClN/c1-2-11-5-3-4-6-14(11)16-13-9-7-12(15)8-10-13/h7-11,14,16H,2-6H2,1H3. The fraction of sp³-hybridized carbons (Fsp3) is 0.571. The highest BCUT2D eigenvalue weighted by Gasteiger charge is 2.23. The van der Waals surface area contributed by atoms with Crippen molar-refractivity contribution in [1.82, 2.24) is 0 Å². The van der Waals surface area contributed by atoms with Crippen molar-refractivity contribution in [2.75, 3.05) is 5.32 Å². The number of nitrogens with one attached hydrogen (secondary N) is 1. The van der Waals surface area contributed by atoms with Crippen molar-refractivity contribution < 1.29 is 0 Å². The van der Waals surface area contributed by atoms with Gasteiger partial charge in [0.2, 0.25) is 0 Å². The van der Waals surface area contributed by atoms with Gasteiger partial charge < -0.3 is 5.32 Å². The van der Waals surface area contributed by atoms with Crippen molar-refractivity contribution in [2.24, 2.45) is 5.92 Å². The van der Waals surface area contributed by atoms with Gasteiger partial charge in [-0.3, -0.25) is 0 Å². The second-order valence-corrected chi connectivity index (χ2v) is 5.15. The molecule has 0 bridgehead atoms. The van der Waals surface area contributed by atoms with E-state index < -0.39 is 0 Å². The third-order valence-electron chi connectivity index (χ3n) is 3.63. The van der Waals surface area contributed by atoms with Gasteiger partial charge in [-0.1, -0.05) is 37.8 Å². The Morgan fingerprint density at radius 1 is 1.19 bits per heavy atom. The molecule has 1 aliphatic carbocycles. The Labute approximate surface area is 103 Å². The molecule has 16 heavy (non-hydrogen) atoms. The maximum atomic E-state index is 5.88. The van der Waals surface area contributed by atoms with Gasteiger partial charge in [-0.2, -0.15) is 0 Å². The molecule has 1 saturated carbocycles. The maximum absolute atomic E-state index is 5.88. The molecule has 0 aliphatic heterocycles. The van der Waals surface area contributed by atoms with Crippen LogP contribution in [-0.2, 0) is 0 Å². The van der Waals surface area contributed by atoms with Crippen LogP contribution < -0.4 is 5.32 Å². The Kier molecular flexibility index (Phi) is 4.11. The monoisotopic (exact) mass is 237 g/mol. The van der Waals surface area contributed by atoms with Gasteiger partial charge in [-0.25, -0.2) is 0 Å². The summed E-state index contributed by atoms with van der Waals surface area (Å²) in [6, 6.07) is 8.70. The summed E-state index contributed by atoms with van der Waals surface area (Å²) in [5, 5.41) is 4.46. The molecule has 2 heteroatoms. The topological polar surface area (TPSA) is 12.0 Å². The molecule has 2 unspecified atom stereocenters. The predicted octanol–water partition coefficient (Wildman–Crippen LogP) is 4.72. The molecule has 0 radical (unpaired) electrons. The van der Waals surface area contributed by atoms with Crippen molar-refractivity contribution >= 4 is 17.3 Å². The molecule has 1 N–H and O–H groups in total. The Balaban J connectivity index is 1.99. The first kappa shape index (κ1) is 11.8. The molecule has 0 saturated heterocycles. The molecule has 88 valence electrons. The summed E-state index contributed by atoms with van der Waals surface area (Å²) in [5.74, 6) is 0.837. The molecule has 1 aromatic carbocycles. The molecular weight excluding hydrogens is 218 g/mol. The first-order chi connectivity index (χ1) is 7.79. The van der Waals surface area contributed by atoms with Gasteiger partial charge in [0.25, 0.3) is 0 Å². The van der Waals surface area contributed by atoms with Gasteiger partial charge in [-0.05, 0) is 43.0 Å². The molecule has 0 amide bonds. The molecule has 1 nitrogen and oxygen atoms in total. The highest BCUT2D eigenvalue weighted by atomic mass is 35.5. The average Bonchev–Trinajstić information content (AvgIpc) is 2.33. The van der Waals surface area contributed by atoms with Crippen LogP contribution in [0.2, 0.25) is 5.02 Å². The van der Waals surface area contributed by atoms with E-state index in [4.69, 9.17) is 11.6 Å². The van der Waals surface area contributed by atoms with Gasteiger partial charge in [0, 0.05) is 16.8 Å². The molecular formula is C14H20ClN. The molecule has 0 aromatic heterocycles. The first-order valence-corrected chi connectivity index (χ1v) is 6.69. The number of hydrogen-bond donors (Lipinski definition) is 1. The van der Waals surface area contributed by atoms with Crippen molar-refractivity contribution in [3.05, 3.63) is 29.3 Å². The van der Waals surface area contributed by atoms with E-state index in [2.05, 4.69) is 24.4 Å². The lowest BCUT2D eigenvalue weighted by Gasteiger charge is -2.32. The van der Waals surface area contributed by atoms with Crippen LogP contribution in [0.4, 0.5) is 5.69 Å². The SMILES string of the molecule is CCC1CCCCC1Nc1ccc(Cl)cc1. The minimum atomic E-state index is 0.653. The normalized spacial score (nSPS) is 25.4. The van der Waals surface area contributed by atoms with Crippen LogP contribution in [0.5, 0.6) is 0 Å². The Hall–Kier alpha value is -0.690. The van der Waals surface area contributed by atoms with E-state index in [0.717, 1.165) is 10.9 Å². The van der Waals surface area contributed by atoms with Crippen molar-refractivity contribution in [1.29, 1.82) is 0 Å². The summed E-state index contributed by atoms with van der Waals surface area (Å²) in [6.07, 6.45) is 6.73. The fourth-order valence-electron chi connectivity index (χ4n) is 2.65. The van der Waals surface area contributed by atoms with E-state index in [1.165, 1.54) is 37.8 Å². The van der Waals surface area contributed by atoms with Gasteiger partial charge in [0.1, 0.15) is 0 Å². The number of hydrogen-bond acceptors (Lipinski definition) is 1. The maximum Gasteiger partial charge on any atom is 0.0407 e. The minimum Gasteiger partial charge on any atom is -0.382 e. The second-order valence-electron chi connectivity index (χ2n) is 4.71. The quantitative estimate of drug-likeness (QED) is 0.802. The third-order valence-corrected chi connectivity index (χ3v) is 3.88. The number of halogens is 1. The van der Waals surface area contributed by atoms with Crippen LogP contribution in [0.25, 0.3) is 0 Å². The molecule has 2 rings (SSSR count). The molecule has 0 heterocycles. The third kappa shape index (κ3) is 2.91. The largest absolute Gasteiger partial charge is 0.382 e. The van der Waals surface area contributed by atoms with Gasteiger partial charge >= 0.3 is 0 Å².